The normalized spacial score (nSPS) is 17.1. The molecule has 0 aliphatic carbocycles. The summed E-state index contributed by atoms with van der Waals surface area (Å²) in [5.41, 5.74) is 0. The molecule has 16 heavy (non-hydrogen) atoms. The molecule has 0 saturated carbocycles. The summed E-state index contributed by atoms with van der Waals surface area (Å²) in [4.78, 5) is 5.08. The van der Waals surface area contributed by atoms with Crippen LogP contribution in [0.1, 0.15) is 17.7 Å². The molecule has 1 aromatic rings. The summed E-state index contributed by atoms with van der Waals surface area (Å²) in [5.74, 6) is 0.717. The number of halogens is 2. The van der Waals surface area contributed by atoms with E-state index in [-0.39, 0.29) is 12.4 Å². The average molecular weight is 283 g/mol. The number of thiazole rings is 1. The fourth-order valence-corrected chi connectivity index (χ4v) is 2.64. The monoisotopic (exact) mass is 282 g/mol. The van der Waals surface area contributed by atoms with Gasteiger partial charge in [0.1, 0.15) is 0 Å². The fourth-order valence-electron chi connectivity index (χ4n) is 1.72. The molecule has 1 fully saturated rings. The molecule has 1 aliphatic heterocycles. The molecule has 0 spiro atoms. The molecule has 1 N–H and O–H groups in total. The average Bonchev–Trinajstić information content (AvgIpc) is 2.66. The Kier molecular flexibility index (Phi) is 6.61. The SMILES string of the molecule is Cl.Clc1ncc(COCC2CCNCC2)s1. The van der Waals surface area contributed by atoms with Crippen molar-refractivity contribution in [1.29, 1.82) is 0 Å². The highest BCUT2D eigenvalue weighted by molar-refractivity contribution is 7.15. The van der Waals surface area contributed by atoms with Gasteiger partial charge in [0.25, 0.3) is 0 Å². The molecule has 92 valence electrons. The molecule has 2 heterocycles. The summed E-state index contributed by atoms with van der Waals surface area (Å²) in [6, 6.07) is 0. The van der Waals surface area contributed by atoms with E-state index in [0.29, 0.717) is 11.1 Å². The number of ether oxygens (including phenoxy) is 1. The van der Waals surface area contributed by atoms with E-state index in [1.807, 2.05) is 0 Å². The zero-order valence-electron chi connectivity index (χ0n) is 8.95. The summed E-state index contributed by atoms with van der Waals surface area (Å²) in [5, 5.41) is 3.35. The van der Waals surface area contributed by atoms with Crippen molar-refractivity contribution in [2.75, 3.05) is 19.7 Å². The van der Waals surface area contributed by atoms with E-state index in [1.165, 1.54) is 24.2 Å². The van der Waals surface area contributed by atoms with Crippen LogP contribution >= 0.6 is 35.3 Å². The van der Waals surface area contributed by atoms with Gasteiger partial charge in [-0.15, -0.1) is 23.7 Å². The summed E-state index contributed by atoms with van der Waals surface area (Å²) < 4.78 is 6.25. The second-order valence-electron chi connectivity index (χ2n) is 3.79. The molecule has 0 bridgehead atoms. The number of nitrogens with zero attached hydrogens (tertiary/aromatic N) is 1. The maximum atomic E-state index is 5.73. The molecule has 0 aromatic carbocycles. The highest BCUT2D eigenvalue weighted by atomic mass is 35.5. The predicted molar refractivity (Wildman–Crippen MR) is 69.6 cm³/mol. The van der Waals surface area contributed by atoms with Gasteiger partial charge in [0.15, 0.2) is 4.47 Å². The summed E-state index contributed by atoms with van der Waals surface area (Å²) in [7, 11) is 0. The minimum atomic E-state index is 0. The number of hydrogen-bond acceptors (Lipinski definition) is 4. The van der Waals surface area contributed by atoms with Crippen LogP contribution < -0.4 is 5.32 Å². The molecule has 0 amide bonds. The molecule has 3 nitrogen and oxygen atoms in total. The van der Waals surface area contributed by atoms with Gasteiger partial charge in [-0.25, -0.2) is 4.98 Å². The molecule has 1 aromatic heterocycles. The molecule has 2 rings (SSSR count). The Morgan fingerprint density at radius 2 is 2.25 bits per heavy atom. The first-order chi connectivity index (χ1) is 7.34. The second kappa shape index (κ2) is 7.45. The number of aromatic nitrogens is 1. The lowest BCUT2D eigenvalue weighted by atomic mass is 9.99. The van der Waals surface area contributed by atoms with Crippen LogP contribution in [0.2, 0.25) is 4.47 Å². The number of rotatable bonds is 4. The molecule has 0 radical (unpaired) electrons. The van der Waals surface area contributed by atoms with Crippen LogP contribution in [0, 0.1) is 5.92 Å². The minimum absolute atomic E-state index is 0. The van der Waals surface area contributed by atoms with Gasteiger partial charge in [0.05, 0.1) is 11.5 Å². The van der Waals surface area contributed by atoms with Crippen molar-refractivity contribution < 1.29 is 4.74 Å². The molecule has 6 heteroatoms. The van der Waals surface area contributed by atoms with Gasteiger partial charge in [-0.3, -0.25) is 0 Å². The zero-order valence-corrected chi connectivity index (χ0v) is 11.3. The van der Waals surface area contributed by atoms with Crippen molar-refractivity contribution in [3.63, 3.8) is 0 Å². The number of nitrogens with one attached hydrogen (secondary N) is 1. The predicted octanol–water partition coefficient (Wildman–Crippen LogP) is 2.73. The lowest BCUT2D eigenvalue weighted by molar-refractivity contribution is 0.0778. The van der Waals surface area contributed by atoms with Gasteiger partial charge < -0.3 is 10.1 Å². The van der Waals surface area contributed by atoms with Crippen molar-refractivity contribution in [2.24, 2.45) is 5.92 Å². The van der Waals surface area contributed by atoms with E-state index < -0.39 is 0 Å². The quantitative estimate of drug-likeness (QED) is 0.922. The molecule has 0 atom stereocenters. The Balaban J connectivity index is 0.00000128. The summed E-state index contributed by atoms with van der Waals surface area (Å²) in [6.07, 6.45) is 4.24. The van der Waals surface area contributed by atoms with Crippen molar-refractivity contribution in [3.05, 3.63) is 15.5 Å². The summed E-state index contributed by atoms with van der Waals surface area (Å²) in [6.45, 7) is 3.76. The zero-order chi connectivity index (χ0) is 10.5. The third-order valence-electron chi connectivity index (χ3n) is 2.58. The van der Waals surface area contributed by atoms with Crippen molar-refractivity contribution in [1.82, 2.24) is 10.3 Å². The standard InChI is InChI=1S/C10H15ClN2OS.ClH/c11-10-13-5-9(15-10)7-14-6-8-1-3-12-4-2-8;/h5,8,12H,1-4,6-7H2;1H. The molecule has 1 aliphatic rings. The van der Waals surface area contributed by atoms with E-state index in [2.05, 4.69) is 10.3 Å². The van der Waals surface area contributed by atoms with E-state index in [4.69, 9.17) is 16.3 Å². The lowest BCUT2D eigenvalue weighted by Crippen LogP contribution is -2.29. The summed E-state index contributed by atoms with van der Waals surface area (Å²) >= 11 is 7.22. The molecular formula is C10H16Cl2N2OS. The van der Waals surface area contributed by atoms with Gasteiger partial charge in [-0.05, 0) is 31.8 Å². The molecular weight excluding hydrogens is 267 g/mol. The Morgan fingerprint density at radius 3 is 2.88 bits per heavy atom. The topological polar surface area (TPSA) is 34.1 Å². The Hall–Kier alpha value is 0.130. The Bertz CT molecular complexity index is 303. The lowest BCUT2D eigenvalue weighted by Gasteiger charge is -2.22. The minimum Gasteiger partial charge on any atom is -0.376 e. The molecule has 1 saturated heterocycles. The van der Waals surface area contributed by atoms with Crippen LogP contribution in [0.25, 0.3) is 0 Å². The first kappa shape index (κ1) is 14.2. The van der Waals surface area contributed by atoms with Crippen molar-refractivity contribution in [2.45, 2.75) is 19.4 Å². The van der Waals surface area contributed by atoms with Crippen LogP contribution in [0.5, 0.6) is 0 Å². The highest BCUT2D eigenvalue weighted by Gasteiger charge is 2.12. The third kappa shape index (κ3) is 4.55. The van der Waals surface area contributed by atoms with E-state index in [9.17, 15) is 0 Å². The van der Waals surface area contributed by atoms with E-state index in [0.717, 1.165) is 30.5 Å². The number of piperidine rings is 1. The van der Waals surface area contributed by atoms with Crippen molar-refractivity contribution >= 4 is 35.3 Å². The second-order valence-corrected chi connectivity index (χ2v) is 5.49. The van der Waals surface area contributed by atoms with E-state index in [1.54, 1.807) is 6.20 Å². The highest BCUT2D eigenvalue weighted by Crippen LogP contribution is 2.19. The number of hydrogen-bond donors (Lipinski definition) is 1. The first-order valence-electron chi connectivity index (χ1n) is 5.23. The molecule has 0 unspecified atom stereocenters. The van der Waals surface area contributed by atoms with Crippen LogP contribution in [0.3, 0.4) is 0 Å². The van der Waals surface area contributed by atoms with Crippen LogP contribution in [-0.4, -0.2) is 24.7 Å². The van der Waals surface area contributed by atoms with Gasteiger partial charge in [-0.2, -0.15) is 0 Å². The van der Waals surface area contributed by atoms with Crippen LogP contribution in [0.15, 0.2) is 6.20 Å². The van der Waals surface area contributed by atoms with Gasteiger partial charge in [-0.1, -0.05) is 11.6 Å². The maximum absolute atomic E-state index is 5.73. The van der Waals surface area contributed by atoms with Crippen molar-refractivity contribution in [3.8, 4) is 0 Å². The largest absolute Gasteiger partial charge is 0.376 e. The fraction of sp³-hybridized carbons (Fsp3) is 0.700. The van der Waals surface area contributed by atoms with Gasteiger partial charge in [0, 0.05) is 12.8 Å². The Labute approximate surface area is 111 Å². The van der Waals surface area contributed by atoms with Crippen LogP contribution in [-0.2, 0) is 11.3 Å². The maximum Gasteiger partial charge on any atom is 0.183 e. The van der Waals surface area contributed by atoms with Crippen LogP contribution in [0.4, 0.5) is 0 Å². The Morgan fingerprint density at radius 1 is 1.50 bits per heavy atom. The van der Waals surface area contributed by atoms with Gasteiger partial charge in [0.2, 0.25) is 0 Å². The van der Waals surface area contributed by atoms with Gasteiger partial charge >= 0.3 is 0 Å². The first-order valence-corrected chi connectivity index (χ1v) is 6.42. The smallest absolute Gasteiger partial charge is 0.183 e. The van der Waals surface area contributed by atoms with E-state index >= 15 is 0 Å². The third-order valence-corrected chi connectivity index (χ3v) is 3.67.